The molecule has 4 rings (SSSR count). The molecular weight excluding hydrogens is 424 g/mol. The van der Waals surface area contributed by atoms with Crippen LogP contribution in [-0.2, 0) is 0 Å². The molecule has 4 aromatic rings. The van der Waals surface area contributed by atoms with E-state index in [1.165, 1.54) is 33.0 Å². The van der Waals surface area contributed by atoms with E-state index >= 15 is 0 Å². The fraction of sp³-hybridized carbons (Fsp3) is 0. The van der Waals surface area contributed by atoms with Crippen LogP contribution in [-0.4, -0.2) is 0 Å². The molecule has 0 heterocycles. The first-order valence-electron chi connectivity index (χ1n) is 7.76. The van der Waals surface area contributed by atoms with Crippen LogP contribution in [0, 0.1) is 0 Å². The van der Waals surface area contributed by atoms with Gasteiger partial charge in [-0.05, 0) is 57.3 Å². The summed E-state index contributed by atoms with van der Waals surface area (Å²) in [5, 5.41) is 2.56. The van der Waals surface area contributed by atoms with Crippen molar-refractivity contribution in [2.75, 3.05) is 0 Å². The summed E-state index contributed by atoms with van der Waals surface area (Å²) >= 11 is 7.02. The Labute approximate surface area is 158 Å². The molecule has 24 heavy (non-hydrogen) atoms. The Bertz CT molecular complexity index is 915. The molecule has 0 N–H and O–H groups in total. The number of hydrogen-bond donors (Lipinski definition) is 0. The molecule has 4 aromatic carbocycles. The first-order chi connectivity index (χ1) is 11.7. The average molecular weight is 438 g/mol. The van der Waals surface area contributed by atoms with Crippen molar-refractivity contribution in [1.29, 1.82) is 0 Å². The summed E-state index contributed by atoms with van der Waals surface area (Å²) in [5.41, 5.74) is 4.99. The van der Waals surface area contributed by atoms with E-state index < -0.39 is 0 Å². The minimum Gasteiger partial charge on any atom is -0.0610 e. The van der Waals surface area contributed by atoms with Crippen molar-refractivity contribution in [2.24, 2.45) is 0 Å². The van der Waals surface area contributed by atoms with Gasteiger partial charge in [0.2, 0.25) is 0 Å². The standard InChI is InChI=1S/C22H14Br2/c23-17-11-7-15(8-12-17)19-3-1-5-21-20(4-2-6-22(19)21)16-9-13-18(24)14-10-16/h1-14H. The molecular formula is C22H14Br2. The molecule has 0 aliphatic rings. The van der Waals surface area contributed by atoms with Crippen LogP contribution in [0.4, 0.5) is 0 Å². The number of halogens is 2. The van der Waals surface area contributed by atoms with Crippen molar-refractivity contribution in [3.63, 3.8) is 0 Å². The Morgan fingerprint density at radius 1 is 0.417 bits per heavy atom. The zero-order valence-electron chi connectivity index (χ0n) is 12.8. The maximum absolute atomic E-state index is 3.51. The summed E-state index contributed by atoms with van der Waals surface area (Å²) in [5.74, 6) is 0. The van der Waals surface area contributed by atoms with E-state index in [-0.39, 0.29) is 0 Å². The minimum atomic E-state index is 1.10. The highest BCUT2D eigenvalue weighted by Crippen LogP contribution is 2.35. The topological polar surface area (TPSA) is 0 Å². The van der Waals surface area contributed by atoms with Gasteiger partial charge in [0.1, 0.15) is 0 Å². The Hall–Kier alpha value is -1.90. The maximum atomic E-state index is 3.51. The Balaban J connectivity index is 1.94. The molecule has 0 aliphatic heterocycles. The van der Waals surface area contributed by atoms with Crippen molar-refractivity contribution in [3.05, 3.63) is 93.9 Å². The SMILES string of the molecule is Brc1ccc(-c2cccc3c(-c4ccc(Br)cc4)cccc23)cc1. The highest BCUT2D eigenvalue weighted by Gasteiger charge is 2.08. The summed E-state index contributed by atoms with van der Waals surface area (Å²) in [6.07, 6.45) is 0. The van der Waals surface area contributed by atoms with Gasteiger partial charge in [0.05, 0.1) is 0 Å². The smallest absolute Gasteiger partial charge is 0.0175 e. The molecule has 0 saturated carbocycles. The van der Waals surface area contributed by atoms with E-state index in [0.29, 0.717) is 0 Å². The molecule has 0 radical (unpaired) electrons. The number of rotatable bonds is 2. The highest BCUT2D eigenvalue weighted by atomic mass is 79.9. The van der Waals surface area contributed by atoms with Crippen molar-refractivity contribution in [2.45, 2.75) is 0 Å². The highest BCUT2D eigenvalue weighted by molar-refractivity contribution is 9.10. The molecule has 0 amide bonds. The lowest BCUT2D eigenvalue weighted by molar-refractivity contribution is 1.60. The van der Waals surface area contributed by atoms with E-state index in [2.05, 4.69) is 117 Å². The number of fused-ring (bicyclic) bond motifs is 1. The van der Waals surface area contributed by atoms with E-state index in [9.17, 15) is 0 Å². The summed E-state index contributed by atoms with van der Waals surface area (Å²) < 4.78 is 2.20. The van der Waals surface area contributed by atoms with E-state index in [1.54, 1.807) is 0 Å². The third kappa shape index (κ3) is 2.92. The fourth-order valence-corrected chi connectivity index (χ4v) is 3.60. The Kier molecular flexibility index (Phi) is 4.26. The third-order valence-corrected chi connectivity index (χ3v) is 5.29. The molecule has 2 heteroatoms. The third-order valence-electron chi connectivity index (χ3n) is 4.23. The van der Waals surface area contributed by atoms with Crippen LogP contribution >= 0.6 is 31.9 Å². The normalized spacial score (nSPS) is 10.9. The summed E-state index contributed by atoms with van der Waals surface area (Å²) in [6, 6.07) is 30.1. The van der Waals surface area contributed by atoms with E-state index in [0.717, 1.165) is 8.95 Å². The monoisotopic (exact) mass is 436 g/mol. The van der Waals surface area contributed by atoms with Crippen LogP contribution in [0.15, 0.2) is 93.9 Å². The van der Waals surface area contributed by atoms with Crippen LogP contribution in [0.25, 0.3) is 33.0 Å². The van der Waals surface area contributed by atoms with Crippen LogP contribution in [0.3, 0.4) is 0 Å². The van der Waals surface area contributed by atoms with Crippen LogP contribution < -0.4 is 0 Å². The van der Waals surface area contributed by atoms with Crippen molar-refractivity contribution in [1.82, 2.24) is 0 Å². The molecule has 0 unspecified atom stereocenters. The van der Waals surface area contributed by atoms with Gasteiger partial charge in [-0.15, -0.1) is 0 Å². The molecule has 0 bridgehead atoms. The lowest BCUT2D eigenvalue weighted by atomic mass is 9.93. The lowest BCUT2D eigenvalue weighted by Crippen LogP contribution is -1.85. The van der Waals surface area contributed by atoms with Gasteiger partial charge in [-0.1, -0.05) is 92.5 Å². The van der Waals surface area contributed by atoms with Crippen LogP contribution in [0.5, 0.6) is 0 Å². The van der Waals surface area contributed by atoms with Gasteiger partial charge >= 0.3 is 0 Å². The molecule has 0 saturated heterocycles. The first kappa shape index (κ1) is 15.6. The van der Waals surface area contributed by atoms with Gasteiger partial charge in [0.25, 0.3) is 0 Å². The average Bonchev–Trinajstić information content (AvgIpc) is 2.62. The van der Waals surface area contributed by atoms with Crippen molar-refractivity contribution >= 4 is 42.6 Å². The molecule has 116 valence electrons. The van der Waals surface area contributed by atoms with Crippen molar-refractivity contribution in [3.8, 4) is 22.3 Å². The zero-order valence-corrected chi connectivity index (χ0v) is 16.0. The van der Waals surface area contributed by atoms with Gasteiger partial charge in [0.15, 0.2) is 0 Å². The molecule has 0 aromatic heterocycles. The number of benzene rings is 4. The molecule has 0 spiro atoms. The van der Waals surface area contributed by atoms with Gasteiger partial charge < -0.3 is 0 Å². The van der Waals surface area contributed by atoms with Gasteiger partial charge in [-0.3, -0.25) is 0 Å². The van der Waals surface area contributed by atoms with Gasteiger partial charge in [0, 0.05) is 8.95 Å². The fourth-order valence-electron chi connectivity index (χ4n) is 3.07. The largest absolute Gasteiger partial charge is 0.0610 e. The second-order valence-corrected chi connectivity index (χ2v) is 7.55. The summed E-state index contributed by atoms with van der Waals surface area (Å²) in [7, 11) is 0. The molecule has 0 atom stereocenters. The molecule has 0 nitrogen and oxygen atoms in total. The quantitative estimate of drug-likeness (QED) is 0.301. The minimum absolute atomic E-state index is 1.10. The van der Waals surface area contributed by atoms with Crippen LogP contribution in [0.1, 0.15) is 0 Å². The molecule has 0 fully saturated rings. The summed E-state index contributed by atoms with van der Waals surface area (Å²) in [6.45, 7) is 0. The van der Waals surface area contributed by atoms with Gasteiger partial charge in [-0.2, -0.15) is 0 Å². The number of hydrogen-bond acceptors (Lipinski definition) is 0. The predicted molar refractivity (Wildman–Crippen MR) is 110 cm³/mol. The Morgan fingerprint density at radius 3 is 1.17 bits per heavy atom. The Morgan fingerprint density at radius 2 is 0.792 bits per heavy atom. The van der Waals surface area contributed by atoms with E-state index in [4.69, 9.17) is 0 Å². The van der Waals surface area contributed by atoms with E-state index in [1.807, 2.05) is 0 Å². The van der Waals surface area contributed by atoms with Crippen LogP contribution in [0.2, 0.25) is 0 Å². The molecule has 0 aliphatic carbocycles. The van der Waals surface area contributed by atoms with Gasteiger partial charge in [-0.25, -0.2) is 0 Å². The first-order valence-corrected chi connectivity index (χ1v) is 9.34. The lowest BCUT2D eigenvalue weighted by Gasteiger charge is -2.11. The van der Waals surface area contributed by atoms with Crippen molar-refractivity contribution < 1.29 is 0 Å². The second-order valence-electron chi connectivity index (χ2n) is 5.72. The predicted octanol–water partition coefficient (Wildman–Crippen LogP) is 7.70. The second kappa shape index (κ2) is 6.54. The maximum Gasteiger partial charge on any atom is 0.0175 e. The zero-order chi connectivity index (χ0) is 16.5. The summed E-state index contributed by atoms with van der Waals surface area (Å²) in [4.78, 5) is 0.